The van der Waals surface area contributed by atoms with Gasteiger partial charge in [0.25, 0.3) is 0 Å². The van der Waals surface area contributed by atoms with E-state index in [1.165, 1.54) is 5.56 Å². The van der Waals surface area contributed by atoms with Gasteiger partial charge in [-0.3, -0.25) is 4.79 Å². The van der Waals surface area contributed by atoms with Crippen molar-refractivity contribution in [3.8, 4) is 0 Å². The maximum atomic E-state index is 12.1. The van der Waals surface area contributed by atoms with Gasteiger partial charge in [0.2, 0.25) is 5.91 Å². The third-order valence-electron chi connectivity index (χ3n) is 3.88. The number of anilines is 1. The van der Waals surface area contributed by atoms with Crippen molar-refractivity contribution in [1.29, 1.82) is 0 Å². The molecule has 1 heterocycles. The summed E-state index contributed by atoms with van der Waals surface area (Å²) in [6.45, 7) is 11.5. The molecule has 1 aromatic rings. The van der Waals surface area contributed by atoms with Gasteiger partial charge in [-0.1, -0.05) is 32.9 Å². The van der Waals surface area contributed by atoms with Crippen molar-refractivity contribution in [2.75, 3.05) is 38.0 Å². The molecule has 0 unspecified atom stereocenters. The third-order valence-corrected chi connectivity index (χ3v) is 3.88. The van der Waals surface area contributed by atoms with Gasteiger partial charge in [-0.15, -0.1) is 0 Å². The van der Waals surface area contributed by atoms with E-state index in [0.717, 1.165) is 38.4 Å². The van der Waals surface area contributed by atoms with Crippen LogP contribution in [0, 0.1) is 0 Å². The molecule has 0 saturated carbocycles. The van der Waals surface area contributed by atoms with Gasteiger partial charge in [-0.2, -0.15) is 0 Å². The molecule has 0 spiro atoms. The summed E-state index contributed by atoms with van der Waals surface area (Å²) in [7, 11) is 0. The first-order chi connectivity index (χ1) is 9.95. The average Bonchev–Trinajstić information content (AvgIpc) is 2.46. The molecule has 2 N–H and O–H groups in total. The van der Waals surface area contributed by atoms with Crippen molar-refractivity contribution in [2.45, 2.75) is 32.6 Å². The number of hydrogen-bond acceptors (Lipinski definition) is 3. The zero-order chi connectivity index (χ0) is 15.3. The zero-order valence-electron chi connectivity index (χ0n) is 13.4. The van der Waals surface area contributed by atoms with Crippen molar-refractivity contribution in [1.82, 2.24) is 10.2 Å². The number of carbonyl (C=O) groups is 1. The van der Waals surface area contributed by atoms with Gasteiger partial charge in [0.15, 0.2) is 0 Å². The molecule has 1 saturated heterocycles. The van der Waals surface area contributed by atoms with Gasteiger partial charge < -0.3 is 15.5 Å². The Hall–Kier alpha value is -1.39. The van der Waals surface area contributed by atoms with Crippen LogP contribution in [-0.4, -0.2) is 43.5 Å². The molecule has 1 amide bonds. The summed E-state index contributed by atoms with van der Waals surface area (Å²) in [5, 5.41) is 6.33. The lowest BCUT2D eigenvalue weighted by Gasteiger charge is -2.26. The highest BCUT2D eigenvalue weighted by molar-refractivity contribution is 5.90. The highest BCUT2D eigenvalue weighted by Crippen LogP contribution is 2.24. The van der Waals surface area contributed by atoms with Crippen LogP contribution in [0.1, 0.15) is 32.8 Å². The first-order valence-electron chi connectivity index (χ1n) is 7.78. The lowest BCUT2D eigenvalue weighted by atomic mass is 9.87. The summed E-state index contributed by atoms with van der Waals surface area (Å²) in [6, 6.07) is 8.14. The van der Waals surface area contributed by atoms with E-state index in [1.54, 1.807) is 0 Å². The monoisotopic (exact) mass is 289 g/mol. The Bertz CT molecular complexity index is 473. The molecule has 4 heteroatoms. The van der Waals surface area contributed by atoms with Gasteiger partial charge in [0, 0.05) is 44.8 Å². The summed E-state index contributed by atoms with van der Waals surface area (Å²) in [4.78, 5) is 14.4. The van der Waals surface area contributed by atoms with Crippen molar-refractivity contribution in [2.24, 2.45) is 0 Å². The standard InChI is InChI=1S/C17H27N3O/c1-17(2,3)14-5-4-6-15(13-14)19-16(21)7-10-20-11-8-18-9-12-20/h4-6,13,18H,7-12H2,1-3H3,(H,19,21). The third kappa shape index (κ3) is 5.14. The summed E-state index contributed by atoms with van der Waals surface area (Å²) in [5.41, 5.74) is 2.23. The van der Waals surface area contributed by atoms with Crippen LogP contribution in [0.4, 0.5) is 5.69 Å². The predicted octanol–water partition coefficient (Wildman–Crippen LogP) is 2.22. The van der Waals surface area contributed by atoms with Crippen LogP contribution >= 0.6 is 0 Å². The largest absolute Gasteiger partial charge is 0.326 e. The topological polar surface area (TPSA) is 44.4 Å². The van der Waals surface area contributed by atoms with E-state index in [2.05, 4.69) is 48.4 Å². The SMILES string of the molecule is CC(C)(C)c1cccc(NC(=O)CCN2CCNCC2)c1. The minimum absolute atomic E-state index is 0.0968. The van der Waals surface area contributed by atoms with Crippen LogP contribution in [0.2, 0.25) is 0 Å². The molecule has 21 heavy (non-hydrogen) atoms. The minimum atomic E-state index is 0.0968. The van der Waals surface area contributed by atoms with Crippen LogP contribution in [0.5, 0.6) is 0 Å². The lowest BCUT2D eigenvalue weighted by Crippen LogP contribution is -2.44. The summed E-state index contributed by atoms with van der Waals surface area (Å²) < 4.78 is 0. The Balaban J connectivity index is 1.84. The van der Waals surface area contributed by atoms with Crippen molar-refractivity contribution in [3.63, 3.8) is 0 Å². The van der Waals surface area contributed by atoms with E-state index in [9.17, 15) is 4.79 Å². The van der Waals surface area contributed by atoms with E-state index in [-0.39, 0.29) is 11.3 Å². The second-order valence-corrected chi connectivity index (χ2v) is 6.72. The molecule has 1 aliphatic rings. The van der Waals surface area contributed by atoms with Gasteiger partial charge in [-0.05, 0) is 23.1 Å². The first kappa shape index (κ1) is 16.0. The molecule has 1 aliphatic heterocycles. The second kappa shape index (κ2) is 7.05. The number of carbonyl (C=O) groups excluding carboxylic acids is 1. The first-order valence-corrected chi connectivity index (χ1v) is 7.78. The number of piperazine rings is 1. The number of nitrogens with zero attached hydrogens (tertiary/aromatic N) is 1. The molecule has 0 aliphatic carbocycles. The van der Waals surface area contributed by atoms with E-state index in [0.29, 0.717) is 6.42 Å². The minimum Gasteiger partial charge on any atom is -0.326 e. The second-order valence-electron chi connectivity index (χ2n) is 6.72. The molecule has 1 aromatic carbocycles. The van der Waals surface area contributed by atoms with E-state index in [4.69, 9.17) is 0 Å². The Morgan fingerprint density at radius 2 is 2.00 bits per heavy atom. The molecule has 0 bridgehead atoms. The van der Waals surface area contributed by atoms with E-state index < -0.39 is 0 Å². The maximum Gasteiger partial charge on any atom is 0.225 e. The summed E-state index contributed by atoms with van der Waals surface area (Å²) in [6.07, 6.45) is 0.555. The number of nitrogens with one attached hydrogen (secondary N) is 2. The number of rotatable bonds is 4. The molecule has 116 valence electrons. The van der Waals surface area contributed by atoms with Crippen molar-refractivity contribution in [3.05, 3.63) is 29.8 Å². The van der Waals surface area contributed by atoms with Gasteiger partial charge in [-0.25, -0.2) is 0 Å². The van der Waals surface area contributed by atoms with Crippen molar-refractivity contribution >= 4 is 11.6 Å². The molecule has 0 radical (unpaired) electrons. The summed E-state index contributed by atoms with van der Waals surface area (Å²) >= 11 is 0. The smallest absolute Gasteiger partial charge is 0.225 e. The molecular formula is C17H27N3O. The predicted molar refractivity (Wildman–Crippen MR) is 87.7 cm³/mol. The lowest BCUT2D eigenvalue weighted by molar-refractivity contribution is -0.116. The normalized spacial score (nSPS) is 16.7. The number of hydrogen-bond donors (Lipinski definition) is 2. The van der Waals surface area contributed by atoms with Gasteiger partial charge >= 0.3 is 0 Å². The van der Waals surface area contributed by atoms with Gasteiger partial charge in [0.1, 0.15) is 0 Å². The molecule has 0 aromatic heterocycles. The van der Waals surface area contributed by atoms with E-state index in [1.807, 2.05) is 12.1 Å². The maximum absolute atomic E-state index is 12.1. The van der Waals surface area contributed by atoms with Crippen LogP contribution < -0.4 is 10.6 Å². The van der Waals surface area contributed by atoms with Crippen LogP contribution in [-0.2, 0) is 10.2 Å². The molecule has 0 atom stereocenters. The Labute approximate surface area is 127 Å². The average molecular weight is 289 g/mol. The quantitative estimate of drug-likeness (QED) is 0.893. The molecular weight excluding hydrogens is 262 g/mol. The van der Waals surface area contributed by atoms with E-state index >= 15 is 0 Å². The fourth-order valence-electron chi connectivity index (χ4n) is 2.48. The zero-order valence-corrected chi connectivity index (χ0v) is 13.4. The van der Waals surface area contributed by atoms with Crippen LogP contribution in [0.3, 0.4) is 0 Å². The highest BCUT2D eigenvalue weighted by Gasteiger charge is 2.15. The van der Waals surface area contributed by atoms with Gasteiger partial charge in [0.05, 0.1) is 0 Å². The highest BCUT2D eigenvalue weighted by atomic mass is 16.1. The summed E-state index contributed by atoms with van der Waals surface area (Å²) in [5.74, 6) is 0.0968. The Kier molecular flexibility index (Phi) is 5.37. The molecule has 4 nitrogen and oxygen atoms in total. The Morgan fingerprint density at radius 3 is 2.67 bits per heavy atom. The van der Waals surface area contributed by atoms with Crippen molar-refractivity contribution < 1.29 is 4.79 Å². The van der Waals surface area contributed by atoms with Crippen LogP contribution in [0.15, 0.2) is 24.3 Å². The number of amides is 1. The van der Waals surface area contributed by atoms with Crippen LogP contribution in [0.25, 0.3) is 0 Å². The fourth-order valence-corrected chi connectivity index (χ4v) is 2.48. The number of benzene rings is 1. The molecule has 2 rings (SSSR count). The Morgan fingerprint density at radius 1 is 1.29 bits per heavy atom. The molecule has 1 fully saturated rings. The fraction of sp³-hybridized carbons (Fsp3) is 0.588.